The molecule has 1 amide bonds. The maximum atomic E-state index is 12.5. The summed E-state index contributed by atoms with van der Waals surface area (Å²) in [4.78, 5) is 35.5. The fourth-order valence-corrected chi connectivity index (χ4v) is 4.58. The number of amides is 1. The fraction of sp³-hybridized carbons (Fsp3) is 0.533. The highest BCUT2D eigenvalue weighted by Gasteiger charge is 2.26. The van der Waals surface area contributed by atoms with Crippen LogP contribution in [0.2, 0.25) is 0 Å². The first kappa shape index (κ1) is 13.9. The Kier molecular flexibility index (Phi) is 3.27. The van der Waals surface area contributed by atoms with Gasteiger partial charge in [0.25, 0.3) is 11.5 Å². The summed E-state index contributed by atoms with van der Waals surface area (Å²) in [6, 6.07) is 0. The number of aromatic amines is 1. The Hall–Kier alpha value is -1.73. The molecule has 1 aliphatic carbocycles. The third-order valence-corrected chi connectivity index (χ3v) is 5.72. The number of fused-ring (bicyclic) bond motifs is 3. The summed E-state index contributed by atoms with van der Waals surface area (Å²) in [5.41, 5.74) is 0.915. The Morgan fingerprint density at radius 1 is 1.32 bits per heavy atom. The highest BCUT2D eigenvalue weighted by atomic mass is 32.1. The first-order valence-electron chi connectivity index (χ1n) is 7.65. The maximum Gasteiger partial charge on any atom is 0.289 e. The van der Waals surface area contributed by atoms with E-state index in [-0.39, 0.29) is 23.4 Å². The second kappa shape index (κ2) is 5.17. The molecule has 0 spiro atoms. The van der Waals surface area contributed by atoms with Gasteiger partial charge in [0, 0.05) is 18.0 Å². The lowest BCUT2D eigenvalue weighted by molar-refractivity contribution is 0.0536. The van der Waals surface area contributed by atoms with Crippen molar-refractivity contribution >= 4 is 27.5 Å². The number of hydrogen-bond acceptors (Lipinski definition) is 5. The number of aryl methyl sites for hydroxylation is 2. The summed E-state index contributed by atoms with van der Waals surface area (Å²) >= 11 is 1.54. The summed E-state index contributed by atoms with van der Waals surface area (Å²) in [6.07, 6.45) is 3.84. The summed E-state index contributed by atoms with van der Waals surface area (Å²) < 4.78 is 0. The second-order valence-corrected chi connectivity index (χ2v) is 7.06. The Balaban J connectivity index is 1.71. The number of rotatable bonds is 1. The van der Waals surface area contributed by atoms with Crippen LogP contribution in [0.1, 0.15) is 40.3 Å². The molecule has 2 aromatic heterocycles. The number of nitrogens with zero attached hydrogens (tertiary/aromatic N) is 2. The molecule has 1 fully saturated rings. The largest absolute Gasteiger partial charge is 0.393 e. The number of hydrogen-bond donors (Lipinski definition) is 2. The molecule has 116 valence electrons. The van der Waals surface area contributed by atoms with Crippen molar-refractivity contribution in [1.82, 2.24) is 14.9 Å². The molecule has 1 saturated heterocycles. The zero-order valence-corrected chi connectivity index (χ0v) is 12.9. The van der Waals surface area contributed by atoms with E-state index in [4.69, 9.17) is 0 Å². The van der Waals surface area contributed by atoms with Crippen LogP contribution in [0.25, 0.3) is 10.2 Å². The lowest BCUT2D eigenvalue weighted by atomic mass is 10.1. The molecule has 3 heterocycles. The SMILES string of the molecule is O=C(c1nc2sc3c(c2c(=O)[nH]1)CCC3)N1CCC(O)CC1. The number of piperidine rings is 1. The Morgan fingerprint density at radius 3 is 2.86 bits per heavy atom. The molecule has 7 heteroatoms. The molecule has 0 bridgehead atoms. The summed E-state index contributed by atoms with van der Waals surface area (Å²) in [7, 11) is 0. The number of aromatic nitrogens is 2. The van der Waals surface area contributed by atoms with Crippen molar-refractivity contribution in [2.24, 2.45) is 0 Å². The number of H-pyrrole nitrogens is 1. The lowest BCUT2D eigenvalue weighted by Crippen LogP contribution is -2.41. The predicted molar refractivity (Wildman–Crippen MR) is 83.4 cm³/mol. The van der Waals surface area contributed by atoms with Gasteiger partial charge >= 0.3 is 0 Å². The number of thiophene rings is 1. The Bertz CT molecular complexity index is 802. The van der Waals surface area contributed by atoms with Crippen LogP contribution < -0.4 is 5.56 Å². The summed E-state index contributed by atoms with van der Waals surface area (Å²) in [6.45, 7) is 1.01. The van der Waals surface area contributed by atoms with Crippen LogP contribution >= 0.6 is 11.3 Å². The molecule has 0 radical (unpaired) electrons. The maximum absolute atomic E-state index is 12.5. The molecule has 22 heavy (non-hydrogen) atoms. The number of aliphatic hydroxyl groups excluding tert-OH is 1. The minimum absolute atomic E-state index is 0.119. The standard InChI is InChI=1S/C15H17N3O3S/c19-8-4-6-18(7-5-8)15(21)12-16-13(20)11-9-2-1-3-10(9)22-14(11)17-12/h8,19H,1-7H2,(H,16,17,20). The summed E-state index contributed by atoms with van der Waals surface area (Å²) in [5.74, 6) is -0.131. The summed E-state index contributed by atoms with van der Waals surface area (Å²) in [5, 5.41) is 10.2. The smallest absolute Gasteiger partial charge is 0.289 e. The predicted octanol–water partition coefficient (Wildman–Crippen LogP) is 1.07. The van der Waals surface area contributed by atoms with E-state index in [2.05, 4.69) is 9.97 Å². The Labute approximate surface area is 130 Å². The van der Waals surface area contributed by atoms with Gasteiger partial charge < -0.3 is 15.0 Å². The van der Waals surface area contributed by atoms with Crippen LogP contribution in [-0.2, 0) is 12.8 Å². The zero-order chi connectivity index (χ0) is 15.3. The lowest BCUT2D eigenvalue weighted by Gasteiger charge is -2.29. The average molecular weight is 319 g/mol. The first-order chi connectivity index (χ1) is 10.6. The van der Waals surface area contributed by atoms with E-state index in [1.165, 1.54) is 16.2 Å². The first-order valence-corrected chi connectivity index (χ1v) is 8.47. The van der Waals surface area contributed by atoms with E-state index < -0.39 is 0 Å². The molecule has 0 aromatic carbocycles. The van der Waals surface area contributed by atoms with E-state index in [0.717, 1.165) is 24.8 Å². The number of aliphatic hydroxyl groups is 1. The van der Waals surface area contributed by atoms with Crippen LogP contribution in [0.4, 0.5) is 0 Å². The topological polar surface area (TPSA) is 86.3 Å². The van der Waals surface area contributed by atoms with Crippen molar-refractivity contribution in [2.75, 3.05) is 13.1 Å². The van der Waals surface area contributed by atoms with Crippen molar-refractivity contribution in [2.45, 2.75) is 38.2 Å². The molecule has 2 aliphatic rings. The number of carbonyl (C=O) groups is 1. The van der Waals surface area contributed by atoms with Gasteiger partial charge in [-0.25, -0.2) is 4.98 Å². The minimum atomic E-state index is -0.334. The van der Waals surface area contributed by atoms with E-state index >= 15 is 0 Å². The molecule has 0 unspecified atom stereocenters. The van der Waals surface area contributed by atoms with Gasteiger partial charge in [-0.3, -0.25) is 9.59 Å². The van der Waals surface area contributed by atoms with E-state index in [1.54, 1.807) is 4.90 Å². The van der Waals surface area contributed by atoms with Gasteiger partial charge in [0.1, 0.15) is 4.83 Å². The van der Waals surface area contributed by atoms with Crippen LogP contribution in [0, 0.1) is 0 Å². The normalized spacial score (nSPS) is 18.9. The van der Waals surface area contributed by atoms with Gasteiger partial charge in [0.05, 0.1) is 11.5 Å². The van der Waals surface area contributed by atoms with Crippen molar-refractivity contribution in [3.63, 3.8) is 0 Å². The van der Waals surface area contributed by atoms with Gasteiger partial charge in [-0.15, -0.1) is 11.3 Å². The van der Waals surface area contributed by atoms with E-state index in [1.807, 2.05) is 0 Å². The third kappa shape index (κ3) is 2.16. The van der Waals surface area contributed by atoms with Crippen molar-refractivity contribution in [3.8, 4) is 0 Å². The van der Waals surface area contributed by atoms with Gasteiger partial charge in [-0.1, -0.05) is 0 Å². The highest BCUT2D eigenvalue weighted by Crippen LogP contribution is 2.34. The monoisotopic (exact) mass is 319 g/mol. The molecule has 2 N–H and O–H groups in total. The zero-order valence-electron chi connectivity index (χ0n) is 12.1. The molecule has 1 aliphatic heterocycles. The van der Waals surface area contributed by atoms with Crippen LogP contribution in [-0.4, -0.2) is 45.1 Å². The fourth-order valence-electron chi connectivity index (χ4n) is 3.32. The third-order valence-electron chi connectivity index (χ3n) is 4.53. The number of nitrogens with one attached hydrogen (secondary N) is 1. The van der Waals surface area contributed by atoms with Gasteiger partial charge in [0.15, 0.2) is 0 Å². The Morgan fingerprint density at radius 2 is 2.09 bits per heavy atom. The van der Waals surface area contributed by atoms with Crippen molar-refractivity contribution in [3.05, 3.63) is 26.6 Å². The second-order valence-electron chi connectivity index (χ2n) is 5.98. The molecule has 2 aromatic rings. The van der Waals surface area contributed by atoms with Gasteiger partial charge in [0.2, 0.25) is 5.82 Å². The molecule has 6 nitrogen and oxygen atoms in total. The van der Waals surface area contributed by atoms with Crippen LogP contribution in [0.15, 0.2) is 4.79 Å². The van der Waals surface area contributed by atoms with Gasteiger partial charge in [-0.2, -0.15) is 0 Å². The number of likely N-dealkylation sites (tertiary alicyclic amines) is 1. The molecule has 4 rings (SSSR count). The quantitative estimate of drug-likeness (QED) is 0.823. The average Bonchev–Trinajstić information content (AvgIpc) is 3.07. The van der Waals surface area contributed by atoms with Gasteiger partial charge in [-0.05, 0) is 37.7 Å². The number of carbonyl (C=O) groups excluding carboxylic acids is 1. The highest BCUT2D eigenvalue weighted by molar-refractivity contribution is 7.18. The molecular formula is C15H17N3O3S. The van der Waals surface area contributed by atoms with Crippen LogP contribution in [0.5, 0.6) is 0 Å². The minimum Gasteiger partial charge on any atom is -0.393 e. The van der Waals surface area contributed by atoms with Crippen molar-refractivity contribution < 1.29 is 9.90 Å². The molecular weight excluding hydrogens is 302 g/mol. The molecule has 0 atom stereocenters. The van der Waals surface area contributed by atoms with E-state index in [0.29, 0.717) is 36.1 Å². The molecule has 0 saturated carbocycles. The van der Waals surface area contributed by atoms with Crippen LogP contribution in [0.3, 0.4) is 0 Å². The van der Waals surface area contributed by atoms with E-state index in [9.17, 15) is 14.7 Å². The van der Waals surface area contributed by atoms with Crippen molar-refractivity contribution in [1.29, 1.82) is 0 Å².